The van der Waals surface area contributed by atoms with E-state index in [4.69, 9.17) is 4.74 Å². The summed E-state index contributed by atoms with van der Waals surface area (Å²) in [6.45, 7) is 4.83. The van der Waals surface area contributed by atoms with Crippen LogP contribution >= 0.6 is 11.3 Å². The molecule has 0 aromatic carbocycles. The summed E-state index contributed by atoms with van der Waals surface area (Å²) in [5.41, 5.74) is 0.907. The van der Waals surface area contributed by atoms with Crippen molar-refractivity contribution in [3.63, 3.8) is 0 Å². The fourth-order valence-electron chi connectivity index (χ4n) is 2.12. The van der Waals surface area contributed by atoms with Gasteiger partial charge >= 0.3 is 0 Å². The van der Waals surface area contributed by atoms with Gasteiger partial charge in [-0.1, -0.05) is 6.92 Å². The van der Waals surface area contributed by atoms with E-state index >= 15 is 0 Å². The van der Waals surface area contributed by atoms with E-state index in [0.717, 1.165) is 36.4 Å². The quantitative estimate of drug-likeness (QED) is 0.881. The van der Waals surface area contributed by atoms with Crippen molar-refractivity contribution in [1.82, 2.24) is 4.98 Å². The number of aryl methyl sites for hydroxylation is 1. The van der Waals surface area contributed by atoms with Gasteiger partial charge in [-0.05, 0) is 32.6 Å². The first-order chi connectivity index (χ1) is 7.76. The summed E-state index contributed by atoms with van der Waals surface area (Å²) in [6, 6.07) is 0. The number of rotatable bonds is 4. The maximum absolute atomic E-state index is 9.86. The molecule has 1 aliphatic rings. The Bertz CT molecular complexity index is 351. The number of nitrogens with zero attached hydrogens (tertiary/aromatic N) is 1. The monoisotopic (exact) mass is 241 g/mol. The van der Waals surface area contributed by atoms with Crippen LogP contribution in [-0.4, -0.2) is 16.7 Å². The molecule has 1 N–H and O–H groups in total. The Labute approximate surface area is 100 Å². The fraction of sp³-hybridized carbons (Fsp3) is 0.750. The van der Waals surface area contributed by atoms with Crippen LogP contribution in [-0.2, 0) is 11.2 Å². The molecule has 90 valence electrons. The molecule has 1 aliphatic carbocycles. The molecule has 1 heterocycles. The van der Waals surface area contributed by atoms with Gasteiger partial charge in [-0.3, -0.25) is 0 Å². The Kier molecular flexibility index (Phi) is 3.95. The molecular formula is C12H19NO2S. The first kappa shape index (κ1) is 12.0. The highest BCUT2D eigenvalue weighted by molar-refractivity contribution is 7.11. The normalized spacial score (nSPS) is 21.8. The molecule has 2 unspecified atom stereocenters. The van der Waals surface area contributed by atoms with Crippen LogP contribution in [0, 0.1) is 0 Å². The highest BCUT2D eigenvalue weighted by Gasteiger charge is 2.25. The molecular weight excluding hydrogens is 222 g/mol. The summed E-state index contributed by atoms with van der Waals surface area (Å²) in [5.74, 6) is 0. The van der Waals surface area contributed by atoms with Gasteiger partial charge in [-0.2, -0.15) is 0 Å². The zero-order valence-electron chi connectivity index (χ0n) is 9.90. The maximum atomic E-state index is 9.86. The van der Waals surface area contributed by atoms with Gasteiger partial charge in [0.15, 0.2) is 0 Å². The molecule has 0 radical (unpaired) electrons. The zero-order valence-corrected chi connectivity index (χ0v) is 10.7. The molecule has 1 aromatic rings. The van der Waals surface area contributed by atoms with E-state index in [9.17, 15) is 5.11 Å². The van der Waals surface area contributed by atoms with Gasteiger partial charge in [0.05, 0.1) is 11.8 Å². The van der Waals surface area contributed by atoms with Gasteiger partial charge < -0.3 is 9.84 Å². The van der Waals surface area contributed by atoms with Crippen molar-refractivity contribution in [2.24, 2.45) is 0 Å². The van der Waals surface area contributed by atoms with Gasteiger partial charge in [0.1, 0.15) is 11.1 Å². The van der Waals surface area contributed by atoms with Gasteiger partial charge in [0, 0.05) is 11.5 Å². The van der Waals surface area contributed by atoms with Crippen LogP contribution in [0.1, 0.15) is 60.9 Å². The van der Waals surface area contributed by atoms with Gasteiger partial charge in [-0.15, -0.1) is 11.3 Å². The summed E-state index contributed by atoms with van der Waals surface area (Å²) in [7, 11) is 0. The summed E-state index contributed by atoms with van der Waals surface area (Å²) in [4.78, 5) is 5.82. The Balaban J connectivity index is 2.22. The van der Waals surface area contributed by atoms with Crippen molar-refractivity contribution in [2.45, 2.75) is 51.7 Å². The summed E-state index contributed by atoms with van der Waals surface area (Å²) in [5, 5.41) is 10.9. The van der Waals surface area contributed by atoms with E-state index < -0.39 is 0 Å². The SMILES string of the molecule is CCOC(CC)c1nc2c(s1)CCCC2O. The van der Waals surface area contributed by atoms with Crippen LogP contribution < -0.4 is 0 Å². The molecule has 0 amide bonds. The minimum atomic E-state index is -0.354. The van der Waals surface area contributed by atoms with Crippen molar-refractivity contribution in [2.75, 3.05) is 6.61 Å². The summed E-state index contributed by atoms with van der Waals surface area (Å²) in [6.07, 6.45) is 3.67. The highest BCUT2D eigenvalue weighted by Crippen LogP contribution is 2.36. The molecule has 0 aliphatic heterocycles. The second-order valence-electron chi connectivity index (χ2n) is 4.12. The van der Waals surface area contributed by atoms with Gasteiger partial charge in [0.2, 0.25) is 0 Å². The van der Waals surface area contributed by atoms with Crippen LogP contribution in [0.5, 0.6) is 0 Å². The van der Waals surface area contributed by atoms with Crippen LogP contribution in [0.3, 0.4) is 0 Å². The number of aliphatic hydroxyl groups excluding tert-OH is 1. The third-order valence-electron chi connectivity index (χ3n) is 2.96. The van der Waals surface area contributed by atoms with E-state index in [0.29, 0.717) is 6.61 Å². The fourth-order valence-corrected chi connectivity index (χ4v) is 3.41. The average molecular weight is 241 g/mol. The molecule has 2 atom stereocenters. The number of aliphatic hydroxyl groups is 1. The Morgan fingerprint density at radius 3 is 3.00 bits per heavy atom. The smallest absolute Gasteiger partial charge is 0.122 e. The topological polar surface area (TPSA) is 42.4 Å². The number of aromatic nitrogens is 1. The third kappa shape index (κ3) is 2.29. The number of hydrogen-bond acceptors (Lipinski definition) is 4. The predicted molar refractivity (Wildman–Crippen MR) is 64.7 cm³/mol. The third-order valence-corrected chi connectivity index (χ3v) is 4.18. The van der Waals surface area contributed by atoms with E-state index in [2.05, 4.69) is 11.9 Å². The highest BCUT2D eigenvalue weighted by atomic mass is 32.1. The first-order valence-corrected chi connectivity index (χ1v) is 6.87. The largest absolute Gasteiger partial charge is 0.387 e. The van der Waals surface area contributed by atoms with Crippen molar-refractivity contribution in [3.8, 4) is 0 Å². The Morgan fingerprint density at radius 1 is 1.56 bits per heavy atom. The number of ether oxygens (including phenoxy) is 1. The van der Waals surface area contributed by atoms with Crippen molar-refractivity contribution in [3.05, 3.63) is 15.6 Å². The van der Waals surface area contributed by atoms with E-state index in [1.807, 2.05) is 6.92 Å². The maximum Gasteiger partial charge on any atom is 0.122 e. The zero-order chi connectivity index (χ0) is 11.5. The Morgan fingerprint density at radius 2 is 2.38 bits per heavy atom. The molecule has 0 saturated carbocycles. The Hall–Kier alpha value is -0.450. The molecule has 4 heteroatoms. The molecule has 0 saturated heterocycles. The number of fused-ring (bicyclic) bond motifs is 1. The van der Waals surface area contributed by atoms with Gasteiger partial charge in [0.25, 0.3) is 0 Å². The van der Waals surface area contributed by atoms with Crippen molar-refractivity contribution >= 4 is 11.3 Å². The van der Waals surface area contributed by atoms with Crippen LogP contribution in [0.15, 0.2) is 0 Å². The molecule has 3 nitrogen and oxygen atoms in total. The number of thiazole rings is 1. The van der Waals surface area contributed by atoms with E-state index in [1.165, 1.54) is 4.88 Å². The summed E-state index contributed by atoms with van der Waals surface area (Å²) >= 11 is 1.72. The van der Waals surface area contributed by atoms with Crippen molar-refractivity contribution in [1.29, 1.82) is 0 Å². The van der Waals surface area contributed by atoms with E-state index in [1.54, 1.807) is 11.3 Å². The molecule has 0 spiro atoms. The van der Waals surface area contributed by atoms with Crippen LogP contribution in [0.4, 0.5) is 0 Å². The molecule has 2 rings (SSSR count). The second kappa shape index (κ2) is 5.25. The molecule has 16 heavy (non-hydrogen) atoms. The second-order valence-corrected chi connectivity index (χ2v) is 5.24. The van der Waals surface area contributed by atoms with E-state index in [-0.39, 0.29) is 12.2 Å². The lowest BCUT2D eigenvalue weighted by molar-refractivity contribution is 0.0591. The predicted octanol–water partition coefficient (Wildman–Crippen LogP) is 3.00. The lowest BCUT2D eigenvalue weighted by Gasteiger charge is -2.14. The standard InChI is InChI=1S/C12H19NO2S/c1-3-9(15-4-2)12-13-11-8(14)6-5-7-10(11)16-12/h8-9,14H,3-7H2,1-2H3. The molecule has 0 fully saturated rings. The summed E-state index contributed by atoms with van der Waals surface area (Å²) < 4.78 is 5.66. The van der Waals surface area contributed by atoms with Crippen LogP contribution in [0.25, 0.3) is 0 Å². The van der Waals surface area contributed by atoms with Crippen molar-refractivity contribution < 1.29 is 9.84 Å². The molecule has 1 aromatic heterocycles. The van der Waals surface area contributed by atoms with Crippen LogP contribution in [0.2, 0.25) is 0 Å². The minimum absolute atomic E-state index is 0.104. The average Bonchev–Trinajstić information content (AvgIpc) is 2.71. The minimum Gasteiger partial charge on any atom is -0.387 e. The lowest BCUT2D eigenvalue weighted by atomic mass is 10.0. The lowest BCUT2D eigenvalue weighted by Crippen LogP contribution is -2.08. The number of hydrogen-bond donors (Lipinski definition) is 1. The molecule has 0 bridgehead atoms. The van der Waals surface area contributed by atoms with Gasteiger partial charge in [-0.25, -0.2) is 4.98 Å². The first-order valence-electron chi connectivity index (χ1n) is 6.05.